The van der Waals surface area contributed by atoms with Gasteiger partial charge in [0.05, 0.1) is 5.41 Å². The van der Waals surface area contributed by atoms with Crippen LogP contribution in [-0.4, -0.2) is 11.8 Å². The Morgan fingerprint density at radius 3 is 2.00 bits per heavy atom. The molecule has 2 unspecified atom stereocenters. The molecule has 0 radical (unpaired) electrons. The van der Waals surface area contributed by atoms with Gasteiger partial charge in [-0.25, -0.2) is 0 Å². The van der Waals surface area contributed by atoms with E-state index in [-0.39, 0.29) is 22.6 Å². The number of benzene rings is 2. The Labute approximate surface area is 172 Å². The smallest absolute Gasteiger partial charge is 0.230 e. The van der Waals surface area contributed by atoms with Gasteiger partial charge in [-0.2, -0.15) is 0 Å². The third kappa shape index (κ3) is 3.25. The normalized spacial score (nSPS) is 32.0. The fraction of sp³-hybridized carbons (Fsp3) is 0.440. The lowest BCUT2D eigenvalue weighted by Gasteiger charge is -2.61. The molecule has 2 aromatic rings. The van der Waals surface area contributed by atoms with E-state index >= 15 is 0 Å². The van der Waals surface area contributed by atoms with Gasteiger partial charge in [0, 0.05) is 18.3 Å². The minimum absolute atomic E-state index is 0.0958. The molecule has 4 fully saturated rings. The van der Waals surface area contributed by atoms with Gasteiger partial charge in [0.25, 0.3) is 0 Å². The molecular formula is C25H28N2O2. The number of carbonyl (C=O) groups excluding carboxylic acids is 2. The summed E-state index contributed by atoms with van der Waals surface area (Å²) in [4.78, 5) is 24.7. The van der Waals surface area contributed by atoms with Crippen molar-refractivity contribution in [1.82, 2.24) is 0 Å². The molecule has 4 aliphatic rings. The van der Waals surface area contributed by atoms with Crippen molar-refractivity contribution in [2.45, 2.75) is 50.9 Å². The number of anilines is 2. The SMILES string of the molecule is CC(=O)Nc1ccc(NC(=O)C23C[C@H]4C[C@@H](C2)CC(c2ccccc2)(C4)C3)cc1. The second-order valence-electron chi connectivity index (χ2n) is 9.60. The highest BCUT2D eigenvalue weighted by atomic mass is 16.2. The lowest BCUT2D eigenvalue weighted by Crippen LogP contribution is -2.57. The predicted octanol–water partition coefficient (Wildman–Crippen LogP) is 5.12. The number of hydrogen-bond donors (Lipinski definition) is 2. The molecule has 4 nitrogen and oxygen atoms in total. The van der Waals surface area contributed by atoms with Gasteiger partial charge in [-0.15, -0.1) is 0 Å². The maximum absolute atomic E-state index is 13.5. The van der Waals surface area contributed by atoms with Gasteiger partial charge in [-0.1, -0.05) is 30.3 Å². The molecule has 4 heteroatoms. The third-order valence-electron chi connectivity index (χ3n) is 7.39. The van der Waals surface area contributed by atoms with Gasteiger partial charge >= 0.3 is 0 Å². The molecule has 150 valence electrons. The topological polar surface area (TPSA) is 58.2 Å². The van der Waals surface area contributed by atoms with Crippen LogP contribution in [0.1, 0.15) is 51.0 Å². The third-order valence-corrected chi connectivity index (χ3v) is 7.39. The molecule has 4 aliphatic carbocycles. The van der Waals surface area contributed by atoms with E-state index in [1.807, 2.05) is 24.3 Å². The molecule has 0 saturated heterocycles. The zero-order valence-electron chi connectivity index (χ0n) is 16.9. The van der Waals surface area contributed by atoms with E-state index in [2.05, 4.69) is 41.0 Å². The number of amides is 2. The Balaban J connectivity index is 1.39. The summed E-state index contributed by atoms with van der Waals surface area (Å²) in [5.74, 6) is 1.40. The molecule has 0 spiro atoms. The van der Waals surface area contributed by atoms with E-state index in [1.54, 1.807) is 0 Å². The summed E-state index contributed by atoms with van der Waals surface area (Å²) < 4.78 is 0. The number of hydrogen-bond acceptors (Lipinski definition) is 2. The van der Waals surface area contributed by atoms with Crippen molar-refractivity contribution in [3.63, 3.8) is 0 Å². The lowest BCUT2D eigenvalue weighted by atomic mass is 9.42. The average molecular weight is 389 g/mol. The minimum Gasteiger partial charge on any atom is -0.326 e. The largest absolute Gasteiger partial charge is 0.326 e. The quantitative estimate of drug-likeness (QED) is 0.763. The number of nitrogens with one attached hydrogen (secondary N) is 2. The Bertz CT molecular complexity index is 921. The fourth-order valence-corrected chi connectivity index (χ4v) is 6.76. The summed E-state index contributed by atoms with van der Waals surface area (Å²) in [5.41, 5.74) is 2.88. The summed E-state index contributed by atoms with van der Waals surface area (Å²) in [7, 11) is 0. The van der Waals surface area contributed by atoms with Crippen molar-refractivity contribution in [2.24, 2.45) is 17.3 Å². The van der Waals surface area contributed by atoms with E-state index in [9.17, 15) is 9.59 Å². The van der Waals surface area contributed by atoms with Crippen molar-refractivity contribution < 1.29 is 9.59 Å². The van der Waals surface area contributed by atoms with E-state index < -0.39 is 0 Å². The molecule has 2 amide bonds. The van der Waals surface area contributed by atoms with Gasteiger partial charge in [0.1, 0.15) is 0 Å². The summed E-state index contributed by atoms with van der Waals surface area (Å²) in [6.45, 7) is 1.49. The van der Waals surface area contributed by atoms with Crippen LogP contribution in [0.2, 0.25) is 0 Å². The van der Waals surface area contributed by atoms with Gasteiger partial charge in [-0.3, -0.25) is 9.59 Å². The van der Waals surface area contributed by atoms with E-state index in [0.29, 0.717) is 11.8 Å². The second kappa shape index (κ2) is 6.72. The molecule has 2 aromatic carbocycles. The predicted molar refractivity (Wildman–Crippen MR) is 115 cm³/mol. The summed E-state index contributed by atoms with van der Waals surface area (Å²) in [6.07, 6.45) is 6.76. The van der Waals surface area contributed by atoms with Gasteiger partial charge in [-0.05, 0) is 85.6 Å². The molecule has 4 atom stereocenters. The Morgan fingerprint density at radius 1 is 0.828 bits per heavy atom. The lowest BCUT2D eigenvalue weighted by molar-refractivity contribution is -0.143. The maximum atomic E-state index is 13.5. The molecule has 0 aliphatic heterocycles. The van der Waals surface area contributed by atoms with Crippen molar-refractivity contribution >= 4 is 23.2 Å². The van der Waals surface area contributed by atoms with Crippen LogP contribution >= 0.6 is 0 Å². The van der Waals surface area contributed by atoms with Crippen LogP contribution in [0.5, 0.6) is 0 Å². The summed E-state index contributed by atoms with van der Waals surface area (Å²) >= 11 is 0. The van der Waals surface area contributed by atoms with Gasteiger partial charge in [0.2, 0.25) is 11.8 Å². The van der Waals surface area contributed by atoms with Crippen LogP contribution in [0, 0.1) is 17.3 Å². The number of rotatable bonds is 4. The van der Waals surface area contributed by atoms with Crippen LogP contribution in [0.15, 0.2) is 54.6 Å². The Morgan fingerprint density at radius 2 is 1.41 bits per heavy atom. The Hall–Kier alpha value is -2.62. The first-order valence-corrected chi connectivity index (χ1v) is 10.7. The molecule has 0 heterocycles. The number of carbonyl (C=O) groups is 2. The van der Waals surface area contributed by atoms with Crippen LogP contribution in [0.3, 0.4) is 0 Å². The first-order valence-electron chi connectivity index (χ1n) is 10.7. The molecular weight excluding hydrogens is 360 g/mol. The van der Waals surface area contributed by atoms with E-state index in [4.69, 9.17) is 0 Å². The van der Waals surface area contributed by atoms with Crippen molar-refractivity contribution in [2.75, 3.05) is 10.6 Å². The van der Waals surface area contributed by atoms with Crippen LogP contribution in [0.4, 0.5) is 11.4 Å². The van der Waals surface area contributed by atoms with Crippen molar-refractivity contribution in [3.05, 3.63) is 60.2 Å². The summed E-state index contributed by atoms with van der Waals surface area (Å²) in [5, 5.41) is 5.96. The first kappa shape index (κ1) is 18.4. The highest BCUT2D eigenvalue weighted by Crippen LogP contribution is 2.65. The monoisotopic (exact) mass is 388 g/mol. The van der Waals surface area contributed by atoms with Gasteiger partial charge < -0.3 is 10.6 Å². The minimum atomic E-state index is -0.254. The highest BCUT2D eigenvalue weighted by molar-refractivity contribution is 5.96. The zero-order chi connectivity index (χ0) is 20.1. The van der Waals surface area contributed by atoms with Crippen LogP contribution in [-0.2, 0) is 15.0 Å². The van der Waals surface area contributed by atoms with Crippen LogP contribution < -0.4 is 10.6 Å². The molecule has 0 aromatic heterocycles. The highest BCUT2D eigenvalue weighted by Gasteiger charge is 2.60. The van der Waals surface area contributed by atoms with Gasteiger partial charge in [0.15, 0.2) is 0 Å². The second-order valence-corrected chi connectivity index (χ2v) is 9.60. The Kier molecular flexibility index (Phi) is 4.27. The zero-order valence-corrected chi connectivity index (χ0v) is 16.9. The molecule has 4 saturated carbocycles. The molecule has 29 heavy (non-hydrogen) atoms. The average Bonchev–Trinajstić information content (AvgIpc) is 2.69. The van der Waals surface area contributed by atoms with E-state index in [0.717, 1.165) is 30.6 Å². The molecule has 6 rings (SSSR count). The maximum Gasteiger partial charge on any atom is 0.230 e. The fourth-order valence-electron chi connectivity index (χ4n) is 6.76. The standard InChI is InChI=1S/C25H28N2O2/c1-17(28)26-21-7-9-22(10-8-21)27-23(29)25-14-18-11-19(15-25)13-24(12-18,16-25)20-5-3-2-4-6-20/h2-10,18-19H,11-16H2,1H3,(H,26,28)(H,27,29)/t18-,19+,24?,25?. The molecule has 2 N–H and O–H groups in total. The first-order chi connectivity index (χ1) is 14.0. The van der Waals surface area contributed by atoms with E-state index in [1.165, 1.54) is 31.7 Å². The molecule has 4 bridgehead atoms. The summed E-state index contributed by atoms with van der Waals surface area (Å²) in [6, 6.07) is 18.3. The van der Waals surface area contributed by atoms with Crippen molar-refractivity contribution in [3.8, 4) is 0 Å². The van der Waals surface area contributed by atoms with Crippen molar-refractivity contribution in [1.29, 1.82) is 0 Å². The van der Waals surface area contributed by atoms with Crippen LogP contribution in [0.25, 0.3) is 0 Å².